The van der Waals surface area contributed by atoms with Gasteiger partial charge >= 0.3 is 0 Å². The third kappa shape index (κ3) is 1.81. The molecule has 2 unspecified atom stereocenters. The summed E-state index contributed by atoms with van der Waals surface area (Å²) < 4.78 is 28.4. The molecule has 1 aliphatic rings. The van der Waals surface area contributed by atoms with Gasteiger partial charge in [-0.05, 0) is 24.7 Å². The van der Waals surface area contributed by atoms with Gasteiger partial charge in [-0.15, -0.1) is 0 Å². The number of likely N-dealkylation sites (N-methyl/N-ethyl adjacent to an activating group) is 1. The molecule has 1 aliphatic heterocycles. The highest BCUT2D eigenvalue weighted by atomic mass is 32.2. The van der Waals surface area contributed by atoms with Gasteiger partial charge in [0.25, 0.3) is 0 Å². The lowest BCUT2D eigenvalue weighted by atomic mass is 10.1. The topological polar surface area (TPSA) is 55.4 Å². The van der Waals surface area contributed by atoms with Crippen LogP contribution in [0.5, 0.6) is 5.75 Å². The van der Waals surface area contributed by atoms with Crippen molar-refractivity contribution in [1.29, 1.82) is 0 Å². The molecule has 2 rings (SSSR count). The maximum Gasteiger partial charge on any atom is 0.160 e. The summed E-state index contributed by atoms with van der Waals surface area (Å²) in [6.07, 6.45) is 0. The normalized spacial score (nSPS) is 27.1. The number of nitrogens with one attached hydrogen (secondary N) is 1. The smallest absolute Gasteiger partial charge is 0.160 e. The van der Waals surface area contributed by atoms with Gasteiger partial charge in [0.2, 0.25) is 0 Å². The monoisotopic (exact) mass is 241 g/mol. The van der Waals surface area contributed by atoms with Gasteiger partial charge in [-0.3, -0.25) is 0 Å². The van der Waals surface area contributed by atoms with E-state index in [0.717, 1.165) is 11.3 Å². The predicted octanol–water partition coefficient (Wildman–Crippen LogP) is 0.753. The highest BCUT2D eigenvalue weighted by Gasteiger charge is 2.45. The Hall–Kier alpha value is -1.07. The second-order valence-electron chi connectivity index (χ2n) is 3.92. The summed E-state index contributed by atoms with van der Waals surface area (Å²) in [7, 11) is 0.417. The van der Waals surface area contributed by atoms with E-state index < -0.39 is 15.1 Å². The molecule has 1 N–H and O–H groups in total. The van der Waals surface area contributed by atoms with E-state index >= 15 is 0 Å². The van der Waals surface area contributed by atoms with Crippen molar-refractivity contribution >= 4 is 9.84 Å². The molecule has 1 aromatic rings. The van der Waals surface area contributed by atoms with Crippen LogP contribution in [0.4, 0.5) is 0 Å². The molecule has 0 saturated carbocycles. The average molecular weight is 241 g/mol. The van der Waals surface area contributed by atoms with Gasteiger partial charge in [0.05, 0.1) is 12.9 Å². The van der Waals surface area contributed by atoms with Crippen LogP contribution in [0.3, 0.4) is 0 Å². The van der Waals surface area contributed by atoms with Crippen molar-refractivity contribution in [2.75, 3.05) is 19.9 Å². The summed E-state index contributed by atoms with van der Waals surface area (Å²) in [5.74, 6) is 0.960. The van der Waals surface area contributed by atoms with Crippen LogP contribution in [0.2, 0.25) is 0 Å². The van der Waals surface area contributed by atoms with Crippen molar-refractivity contribution in [1.82, 2.24) is 5.32 Å². The Morgan fingerprint density at radius 1 is 1.31 bits per heavy atom. The molecule has 0 radical (unpaired) electrons. The van der Waals surface area contributed by atoms with Crippen molar-refractivity contribution in [2.45, 2.75) is 11.3 Å². The van der Waals surface area contributed by atoms with E-state index in [-0.39, 0.29) is 11.8 Å². The van der Waals surface area contributed by atoms with Gasteiger partial charge in [-0.2, -0.15) is 0 Å². The highest BCUT2D eigenvalue weighted by molar-refractivity contribution is 7.93. The molecule has 4 nitrogen and oxygen atoms in total. The van der Waals surface area contributed by atoms with E-state index in [9.17, 15) is 8.42 Å². The van der Waals surface area contributed by atoms with Crippen molar-refractivity contribution in [3.05, 3.63) is 29.8 Å². The Balaban J connectivity index is 2.28. The Morgan fingerprint density at radius 3 is 2.38 bits per heavy atom. The highest BCUT2D eigenvalue weighted by Crippen LogP contribution is 2.36. The van der Waals surface area contributed by atoms with Crippen molar-refractivity contribution < 1.29 is 13.2 Å². The maximum atomic E-state index is 11.7. The Kier molecular flexibility index (Phi) is 2.90. The lowest BCUT2D eigenvalue weighted by Crippen LogP contribution is -2.52. The lowest BCUT2D eigenvalue weighted by molar-refractivity contribution is 0.414. The lowest BCUT2D eigenvalue weighted by Gasteiger charge is -2.36. The van der Waals surface area contributed by atoms with Crippen LogP contribution >= 0.6 is 0 Å². The molecular formula is C11H15NO3S. The number of hydrogen-bond donors (Lipinski definition) is 1. The van der Waals surface area contributed by atoms with Crippen LogP contribution in [0.15, 0.2) is 24.3 Å². The number of hydrogen-bond acceptors (Lipinski definition) is 4. The van der Waals surface area contributed by atoms with Gasteiger partial charge in [0.1, 0.15) is 11.0 Å². The standard InChI is InChI=1S/C11H15NO3S/c1-12-10-7-16(13,14)11(10)8-3-5-9(15-2)6-4-8/h3-6,10-12H,7H2,1-2H3. The van der Waals surface area contributed by atoms with Gasteiger partial charge in [0.15, 0.2) is 9.84 Å². The predicted molar refractivity (Wildman–Crippen MR) is 62.4 cm³/mol. The summed E-state index contributed by atoms with van der Waals surface area (Å²) in [6, 6.07) is 7.22. The van der Waals surface area contributed by atoms with Crippen LogP contribution < -0.4 is 10.1 Å². The molecule has 2 atom stereocenters. The van der Waals surface area contributed by atoms with Gasteiger partial charge < -0.3 is 10.1 Å². The summed E-state index contributed by atoms with van der Waals surface area (Å²) in [6.45, 7) is 0. The number of methoxy groups -OCH3 is 1. The fraction of sp³-hybridized carbons (Fsp3) is 0.455. The summed E-state index contributed by atoms with van der Waals surface area (Å²) in [5.41, 5.74) is 0.825. The summed E-state index contributed by atoms with van der Waals surface area (Å²) in [5, 5.41) is 2.61. The fourth-order valence-corrected chi connectivity index (χ4v) is 4.05. The van der Waals surface area contributed by atoms with E-state index in [0.29, 0.717) is 0 Å². The van der Waals surface area contributed by atoms with Gasteiger partial charge in [0, 0.05) is 6.04 Å². The van der Waals surface area contributed by atoms with Crippen LogP contribution in [0, 0.1) is 0 Å². The van der Waals surface area contributed by atoms with Gasteiger partial charge in [-0.1, -0.05) is 12.1 Å². The minimum Gasteiger partial charge on any atom is -0.497 e. The zero-order chi connectivity index (χ0) is 11.8. The molecular weight excluding hydrogens is 226 g/mol. The molecule has 88 valence electrons. The van der Waals surface area contributed by atoms with E-state index in [1.165, 1.54) is 0 Å². The first-order valence-corrected chi connectivity index (χ1v) is 6.83. The van der Waals surface area contributed by atoms with E-state index in [1.54, 1.807) is 26.3 Å². The molecule has 1 fully saturated rings. The van der Waals surface area contributed by atoms with Crippen LogP contribution in [0.25, 0.3) is 0 Å². The zero-order valence-corrected chi connectivity index (χ0v) is 10.1. The quantitative estimate of drug-likeness (QED) is 0.848. The Morgan fingerprint density at radius 2 is 1.94 bits per heavy atom. The molecule has 0 amide bonds. The number of sulfone groups is 1. The Labute approximate surface area is 95.5 Å². The average Bonchev–Trinajstić information content (AvgIpc) is 2.27. The van der Waals surface area contributed by atoms with Gasteiger partial charge in [-0.25, -0.2) is 8.42 Å². The molecule has 5 heteroatoms. The Bertz CT molecular complexity index is 467. The first-order chi connectivity index (χ1) is 7.58. The molecule has 0 bridgehead atoms. The first-order valence-electron chi connectivity index (χ1n) is 5.11. The maximum absolute atomic E-state index is 11.7. The van der Waals surface area contributed by atoms with E-state index in [4.69, 9.17) is 4.74 Å². The molecule has 1 saturated heterocycles. The van der Waals surface area contributed by atoms with Crippen molar-refractivity contribution in [3.63, 3.8) is 0 Å². The number of benzene rings is 1. The van der Waals surface area contributed by atoms with E-state index in [1.807, 2.05) is 12.1 Å². The molecule has 1 aromatic carbocycles. The summed E-state index contributed by atoms with van der Waals surface area (Å²) in [4.78, 5) is 0. The second-order valence-corrected chi connectivity index (χ2v) is 6.09. The molecule has 0 aromatic heterocycles. The zero-order valence-electron chi connectivity index (χ0n) is 9.30. The van der Waals surface area contributed by atoms with Crippen LogP contribution in [0.1, 0.15) is 10.8 Å². The third-order valence-corrected chi connectivity index (χ3v) is 5.18. The minimum absolute atomic E-state index is 0.0263. The third-order valence-electron chi connectivity index (χ3n) is 2.98. The molecule has 0 aliphatic carbocycles. The molecule has 16 heavy (non-hydrogen) atoms. The number of ether oxygens (including phenoxy) is 1. The fourth-order valence-electron chi connectivity index (χ4n) is 2.04. The summed E-state index contributed by atoms with van der Waals surface area (Å²) >= 11 is 0. The largest absolute Gasteiger partial charge is 0.497 e. The van der Waals surface area contributed by atoms with Crippen molar-refractivity contribution in [2.24, 2.45) is 0 Å². The van der Waals surface area contributed by atoms with Crippen LogP contribution in [-0.4, -0.2) is 34.4 Å². The molecule has 0 spiro atoms. The van der Waals surface area contributed by atoms with E-state index in [2.05, 4.69) is 5.32 Å². The SMILES string of the molecule is CNC1CS(=O)(=O)C1c1ccc(OC)cc1. The molecule has 1 heterocycles. The van der Waals surface area contributed by atoms with Crippen molar-refractivity contribution in [3.8, 4) is 5.75 Å². The first kappa shape index (κ1) is 11.4. The second kappa shape index (κ2) is 4.07. The van der Waals surface area contributed by atoms with Crippen LogP contribution in [-0.2, 0) is 9.84 Å². The minimum atomic E-state index is -2.96. The number of rotatable bonds is 3.